The average Bonchev–Trinajstić information content (AvgIpc) is 2.79. The Kier molecular flexibility index (Phi) is 3.43. The van der Waals surface area contributed by atoms with Gasteiger partial charge in [0.1, 0.15) is 0 Å². The molecule has 4 nitrogen and oxygen atoms in total. The van der Waals surface area contributed by atoms with Gasteiger partial charge in [0, 0.05) is 30.9 Å². The van der Waals surface area contributed by atoms with Gasteiger partial charge in [0.05, 0.1) is 4.90 Å². The summed E-state index contributed by atoms with van der Waals surface area (Å²) in [6.07, 6.45) is 4.98. The third-order valence-electron chi connectivity index (χ3n) is 2.78. The lowest BCUT2D eigenvalue weighted by molar-refractivity contribution is 0.602. The van der Waals surface area contributed by atoms with Gasteiger partial charge in [-0.05, 0) is 36.2 Å². The molecule has 0 saturated carbocycles. The van der Waals surface area contributed by atoms with Crippen molar-refractivity contribution in [2.45, 2.75) is 18.4 Å². The van der Waals surface area contributed by atoms with E-state index >= 15 is 0 Å². The summed E-state index contributed by atoms with van der Waals surface area (Å²) < 4.78 is 23.0. The SMILES string of the molecule is Cc1ccc(S(C)(=O)=O)cc1NCc1cc[nH]c1. The molecule has 0 unspecified atom stereocenters. The Hall–Kier alpha value is -1.75. The van der Waals surface area contributed by atoms with Crippen LogP contribution in [0.15, 0.2) is 41.6 Å². The van der Waals surface area contributed by atoms with E-state index in [1.54, 1.807) is 12.1 Å². The zero-order valence-electron chi connectivity index (χ0n) is 10.4. The molecule has 0 radical (unpaired) electrons. The minimum atomic E-state index is -3.16. The molecule has 0 fully saturated rings. The van der Waals surface area contributed by atoms with Crippen molar-refractivity contribution >= 4 is 15.5 Å². The number of hydrogen-bond donors (Lipinski definition) is 2. The van der Waals surface area contributed by atoms with Gasteiger partial charge in [-0.15, -0.1) is 0 Å². The predicted octanol–water partition coefficient (Wildman–Crippen LogP) is 2.34. The first kappa shape index (κ1) is 12.7. The quantitative estimate of drug-likeness (QED) is 0.891. The summed E-state index contributed by atoms with van der Waals surface area (Å²) in [6.45, 7) is 2.61. The molecular formula is C13H16N2O2S. The number of aromatic nitrogens is 1. The number of H-pyrrole nitrogens is 1. The zero-order chi connectivity index (χ0) is 13.2. The van der Waals surface area contributed by atoms with Crippen molar-refractivity contribution < 1.29 is 8.42 Å². The fourth-order valence-corrected chi connectivity index (χ4v) is 2.34. The summed E-state index contributed by atoms with van der Waals surface area (Å²) in [6, 6.07) is 7.10. The number of aryl methyl sites for hydroxylation is 1. The average molecular weight is 264 g/mol. The lowest BCUT2D eigenvalue weighted by Crippen LogP contribution is -2.03. The van der Waals surface area contributed by atoms with Crippen LogP contribution in [0, 0.1) is 6.92 Å². The molecule has 2 N–H and O–H groups in total. The molecule has 0 bridgehead atoms. The lowest BCUT2D eigenvalue weighted by atomic mass is 10.2. The molecule has 1 heterocycles. The predicted molar refractivity (Wildman–Crippen MR) is 72.4 cm³/mol. The van der Waals surface area contributed by atoms with Crippen LogP contribution in [0.1, 0.15) is 11.1 Å². The van der Waals surface area contributed by atoms with Crippen LogP contribution >= 0.6 is 0 Å². The van der Waals surface area contributed by atoms with E-state index in [0.717, 1.165) is 16.8 Å². The minimum absolute atomic E-state index is 0.338. The molecular weight excluding hydrogens is 248 g/mol. The monoisotopic (exact) mass is 264 g/mol. The van der Waals surface area contributed by atoms with Crippen molar-refractivity contribution in [3.8, 4) is 0 Å². The molecule has 0 atom stereocenters. The fourth-order valence-electron chi connectivity index (χ4n) is 1.69. The second-order valence-electron chi connectivity index (χ2n) is 4.32. The molecule has 5 heteroatoms. The maximum atomic E-state index is 11.5. The Labute approximate surface area is 107 Å². The summed E-state index contributed by atoms with van der Waals surface area (Å²) in [5.74, 6) is 0. The van der Waals surface area contributed by atoms with Gasteiger partial charge in [0.2, 0.25) is 0 Å². The summed E-state index contributed by atoms with van der Waals surface area (Å²) in [4.78, 5) is 3.32. The Morgan fingerprint density at radius 3 is 2.67 bits per heavy atom. The minimum Gasteiger partial charge on any atom is -0.381 e. The topological polar surface area (TPSA) is 62.0 Å². The number of aromatic amines is 1. The van der Waals surface area contributed by atoms with Crippen molar-refractivity contribution in [3.63, 3.8) is 0 Å². The van der Waals surface area contributed by atoms with Gasteiger partial charge in [-0.2, -0.15) is 0 Å². The van der Waals surface area contributed by atoms with Crippen LogP contribution in [0.25, 0.3) is 0 Å². The standard InChI is InChI=1S/C13H16N2O2S/c1-10-3-4-12(18(2,16)17)7-13(10)15-9-11-5-6-14-8-11/h3-8,14-15H,9H2,1-2H3. The second kappa shape index (κ2) is 4.86. The summed E-state index contributed by atoms with van der Waals surface area (Å²) in [5.41, 5.74) is 3.00. The number of benzene rings is 1. The number of anilines is 1. The van der Waals surface area contributed by atoms with Crippen molar-refractivity contribution in [2.24, 2.45) is 0 Å². The third-order valence-corrected chi connectivity index (χ3v) is 3.89. The van der Waals surface area contributed by atoms with Crippen LogP contribution in [0.4, 0.5) is 5.69 Å². The molecule has 0 aliphatic carbocycles. The fraction of sp³-hybridized carbons (Fsp3) is 0.231. The van der Waals surface area contributed by atoms with Gasteiger partial charge < -0.3 is 10.3 Å². The molecule has 1 aromatic heterocycles. The van der Waals surface area contributed by atoms with Crippen LogP contribution in [0.5, 0.6) is 0 Å². The highest BCUT2D eigenvalue weighted by Gasteiger charge is 2.09. The highest BCUT2D eigenvalue weighted by molar-refractivity contribution is 7.90. The van der Waals surface area contributed by atoms with E-state index in [2.05, 4.69) is 10.3 Å². The van der Waals surface area contributed by atoms with E-state index < -0.39 is 9.84 Å². The van der Waals surface area contributed by atoms with Gasteiger partial charge in [0.25, 0.3) is 0 Å². The summed E-state index contributed by atoms with van der Waals surface area (Å²) in [7, 11) is -3.16. The first-order chi connectivity index (χ1) is 8.47. The van der Waals surface area contributed by atoms with Gasteiger partial charge >= 0.3 is 0 Å². The molecule has 18 heavy (non-hydrogen) atoms. The highest BCUT2D eigenvalue weighted by Crippen LogP contribution is 2.20. The number of nitrogens with one attached hydrogen (secondary N) is 2. The molecule has 0 spiro atoms. The number of hydrogen-bond acceptors (Lipinski definition) is 3. The molecule has 2 rings (SSSR count). The van der Waals surface area contributed by atoms with Crippen molar-refractivity contribution in [2.75, 3.05) is 11.6 Å². The van der Waals surface area contributed by atoms with E-state index in [1.807, 2.05) is 31.5 Å². The molecule has 96 valence electrons. The van der Waals surface area contributed by atoms with Crippen molar-refractivity contribution in [1.82, 2.24) is 4.98 Å². The first-order valence-corrected chi connectivity index (χ1v) is 7.52. The smallest absolute Gasteiger partial charge is 0.175 e. The maximum absolute atomic E-state index is 11.5. The number of rotatable bonds is 4. The van der Waals surface area contributed by atoms with Crippen LogP contribution in [-0.2, 0) is 16.4 Å². The second-order valence-corrected chi connectivity index (χ2v) is 6.34. The Bertz CT molecular complexity index is 631. The Morgan fingerprint density at radius 2 is 2.06 bits per heavy atom. The first-order valence-electron chi connectivity index (χ1n) is 5.63. The van der Waals surface area contributed by atoms with Gasteiger partial charge in [0.15, 0.2) is 9.84 Å². The van der Waals surface area contributed by atoms with E-state index in [0.29, 0.717) is 11.4 Å². The highest BCUT2D eigenvalue weighted by atomic mass is 32.2. The molecule has 0 amide bonds. The molecule has 1 aromatic carbocycles. The molecule has 2 aromatic rings. The molecule has 0 aliphatic heterocycles. The maximum Gasteiger partial charge on any atom is 0.175 e. The van der Waals surface area contributed by atoms with Gasteiger partial charge in [-0.1, -0.05) is 6.07 Å². The van der Waals surface area contributed by atoms with Crippen LogP contribution in [0.2, 0.25) is 0 Å². The third kappa shape index (κ3) is 2.92. The summed E-state index contributed by atoms with van der Waals surface area (Å²) >= 11 is 0. The molecule has 0 aliphatic rings. The van der Waals surface area contributed by atoms with Crippen LogP contribution < -0.4 is 5.32 Å². The largest absolute Gasteiger partial charge is 0.381 e. The van der Waals surface area contributed by atoms with Crippen molar-refractivity contribution in [3.05, 3.63) is 47.8 Å². The zero-order valence-corrected chi connectivity index (χ0v) is 11.2. The van der Waals surface area contributed by atoms with Crippen LogP contribution in [-0.4, -0.2) is 19.7 Å². The van der Waals surface area contributed by atoms with Crippen molar-refractivity contribution in [1.29, 1.82) is 0 Å². The van der Waals surface area contributed by atoms with E-state index in [1.165, 1.54) is 6.26 Å². The Morgan fingerprint density at radius 1 is 1.28 bits per heavy atom. The normalized spacial score (nSPS) is 11.4. The van der Waals surface area contributed by atoms with Crippen LogP contribution in [0.3, 0.4) is 0 Å². The number of sulfone groups is 1. The van der Waals surface area contributed by atoms with E-state index in [-0.39, 0.29) is 0 Å². The van der Waals surface area contributed by atoms with E-state index in [9.17, 15) is 8.42 Å². The summed E-state index contributed by atoms with van der Waals surface area (Å²) in [5, 5.41) is 3.24. The van der Waals surface area contributed by atoms with Gasteiger partial charge in [-0.3, -0.25) is 0 Å². The lowest BCUT2D eigenvalue weighted by Gasteiger charge is -2.10. The van der Waals surface area contributed by atoms with E-state index in [4.69, 9.17) is 0 Å². The molecule has 0 saturated heterocycles. The van der Waals surface area contributed by atoms with Gasteiger partial charge in [-0.25, -0.2) is 8.42 Å². The Balaban J connectivity index is 2.22.